The molecule has 88 valence electrons. The minimum atomic E-state index is 0.251. The molecule has 0 bridgehead atoms. The zero-order valence-corrected chi connectivity index (χ0v) is 11.0. The van der Waals surface area contributed by atoms with Gasteiger partial charge in [-0.1, -0.05) is 0 Å². The Labute approximate surface area is 104 Å². The highest BCUT2D eigenvalue weighted by Gasteiger charge is 2.16. The quantitative estimate of drug-likeness (QED) is 0.757. The third kappa shape index (κ3) is 3.34. The Morgan fingerprint density at radius 1 is 1.62 bits per heavy atom. The Morgan fingerprint density at radius 3 is 3.12 bits per heavy atom. The summed E-state index contributed by atoms with van der Waals surface area (Å²) in [6.07, 6.45) is 2.70. The Kier molecular flexibility index (Phi) is 4.44. The first-order valence-corrected chi connectivity index (χ1v) is 7.52. The van der Waals surface area contributed by atoms with E-state index in [2.05, 4.69) is 0 Å². The van der Waals surface area contributed by atoms with Crippen LogP contribution in [0.15, 0.2) is 12.1 Å². The number of rotatable bonds is 5. The van der Waals surface area contributed by atoms with E-state index in [1.165, 1.54) is 11.3 Å². The van der Waals surface area contributed by atoms with E-state index in [0.29, 0.717) is 11.9 Å². The molecular weight excluding hydrogens is 240 g/mol. The monoisotopic (exact) mass is 256 g/mol. The number of Topliss-reactive ketones (excluding diaryl/α,β-unsaturated/α-hetero) is 1. The van der Waals surface area contributed by atoms with Crippen molar-refractivity contribution in [1.29, 1.82) is 0 Å². The van der Waals surface area contributed by atoms with E-state index in [-0.39, 0.29) is 5.78 Å². The van der Waals surface area contributed by atoms with Crippen molar-refractivity contribution in [2.45, 2.75) is 25.9 Å². The van der Waals surface area contributed by atoms with Crippen molar-refractivity contribution in [2.75, 3.05) is 18.1 Å². The van der Waals surface area contributed by atoms with Gasteiger partial charge in [0.2, 0.25) is 0 Å². The smallest absolute Gasteiger partial charge is 0.182 e. The highest BCUT2D eigenvalue weighted by atomic mass is 32.2. The van der Waals surface area contributed by atoms with Gasteiger partial charge in [0.25, 0.3) is 0 Å². The lowest BCUT2D eigenvalue weighted by Gasteiger charge is -2.07. The van der Waals surface area contributed by atoms with Crippen LogP contribution in [0.1, 0.15) is 27.4 Å². The van der Waals surface area contributed by atoms with Crippen molar-refractivity contribution in [1.82, 2.24) is 0 Å². The molecule has 0 N–H and O–H groups in total. The summed E-state index contributed by atoms with van der Waals surface area (Å²) in [5, 5.41) is 0. The van der Waals surface area contributed by atoms with Gasteiger partial charge in [0.05, 0.1) is 16.7 Å². The van der Waals surface area contributed by atoms with Crippen LogP contribution < -0.4 is 0 Å². The summed E-state index contributed by atoms with van der Waals surface area (Å²) >= 11 is 3.28. The highest BCUT2D eigenvalue weighted by Crippen LogP contribution is 2.20. The van der Waals surface area contributed by atoms with Crippen LogP contribution in [0.4, 0.5) is 0 Å². The number of carbonyl (C=O) groups excluding carboxylic acids is 1. The van der Waals surface area contributed by atoms with E-state index in [4.69, 9.17) is 4.74 Å². The largest absolute Gasteiger partial charge is 0.377 e. The minimum absolute atomic E-state index is 0.251. The first-order chi connectivity index (χ1) is 7.75. The summed E-state index contributed by atoms with van der Waals surface area (Å²) in [5.74, 6) is 1.79. The third-order valence-electron chi connectivity index (χ3n) is 2.58. The predicted octanol–water partition coefficient (Wildman–Crippen LogP) is 3.15. The van der Waals surface area contributed by atoms with Gasteiger partial charge in [0.15, 0.2) is 5.78 Å². The number of ketones is 1. The standard InChI is InChI=1S/C12H16O2S2/c1-9-4-5-12(16-9)11(13)8-15-7-10-3-2-6-14-10/h4-5,10H,2-3,6-8H2,1H3. The molecule has 0 spiro atoms. The van der Waals surface area contributed by atoms with Gasteiger partial charge >= 0.3 is 0 Å². The van der Waals surface area contributed by atoms with E-state index in [9.17, 15) is 4.79 Å². The molecule has 1 aromatic rings. The van der Waals surface area contributed by atoms with E-state index in [0.717, 1.165) is 23.7 Å². The van der Waals surface area contributed by atoms with Crippen molar-refractivity contribution in [3.05, 3.63) is 21.9 Å². The van der Waals surface area contributed by atoms with Crippen LogP contribution in [0.5, 0.6) is 0 Å². The van der Waals surface area contributed by atoms with Gasteiger partial charge in [-0.05, 0) is 31.9 Å². The summed E-state index contributed by atoms with van der Waals surface area (Å²) in [6.45, 7) is 2.92. The number of carbonyl (C=O) groups is 1. The first kappa shape index (κ1) is 12.1. The number of hydrogen-bond acceptors (Lipinski definition) is 4. The van der Waals surface area contributed by atoms with E-state index >= 15 is 0 Å². The zero-order chi connectivity index (χ0) is 11.4. The molecule has 16 heavy (non-hydrogen) atoms. The second-order valence-electron chi connectivity index (χ2n) is 3.98. The van der Waals surface area contributed by atoms with Gasteiger partial charge in [-0.2, -0.15) is 11.8 Å². The van der Waals surface area contributed by atoms with Crippen LogP contribution >= 0.6 is 23.1 Å². The molecule has 1 aromatic heterocycles. The van der Waals surface area contributed by atoms with Crippen LogP contribution in [-0.4, -0.2) is 30.0 Å². The maximum atomic E-state index is 11.8. The van der Waals surface area contributed by atoms with Crippen LogP contribution in [0.2, 0.25) is 0 Å². The van der Waals surface area contributed by atoms with E-state index in [1.54, 1.807) is 23.1 Å². The van der Waals surface area contributed by atoms with E-state index < -0.39 is 0 Å². The summed E-state index contributed by atoms with van der Waals surface area (Å²) in [7, 11) is 0. The molecule has 0 saturated carbocycles. The Balaban J connectivity index is 1.71. The molecule has 0 aromatic carbocycles. The van der Waals surface area contributed by atoms with Crippen molar-refractivity contribution in [3.8, 4) is 0 Å². The molecule has 1 aliphatic rings. The molecule has 2 rings (SSSR count). The van der Waals surface area contributed by atoms with Crippen LogP contribution in [-0.2, 0) is 4.74 Å². The summed E-state index contributed by atoms with van der Waals surface area (Å²) < 4.78 is 5.52. The molecule has 1 aliphatic heterocycles. The Hall–Kier alpha value is -0.320. The molecule has 1 saturated heterocycles. The molecule has 2 heterocycles. The van der Waals surface area contributed by atoms with Gasteiger partial charge < -0.3 is 4.74 Å². The summed E-state index contributed by atoms with van der Waals surface area (Å²) in [4.78, 5) is 13.9. The van der Waals surface area contributed by atoms with Gasteiger partial charge in [-0.3, -0.25) is 4.79 Å². The van der Waals surface area contributed by atoms with Crippen LogP contribution in [0.3, 0.4) is 0 Å². The lowest BCUT2D eigenvalue weighted by molar-refractivity contribution is 0.102. The average molecular weight is 256 g/mol. The number of thioether (sulfide) groups is 1. The number of aryl methyl sites for hydroxylation is 1. The normalized spacial score (nSPS) is 20.2. The maximum Gasteiger partial charge on any atom is 0.182 e. The average Bonchev–Trinajstić information content (AvgIpc) is 2.89. The molecule has 1 atom stereocenters. The summed E-state index contributed by atoms with van der Waals surface area (Å²) in [5.41, 5.74) is 0. The number of thiophene rings is 1. The molecule has 0 aliphatic carbocycles. The minimum Gasteiger partial charge on any atom is -0.377 e. The lowest BCUT2D eigenvalue weighted by atomic mass is 10.3. The van der Waals surface area contributed by atoms with Crippen molar-refractivity contribution in [3.63, 3.8) is 0 Å². The number of hydrogen-bond donors (Lipinski definition) is 0. The van der Waals surface area contributed by atoms with Crippen LogP contribution in [0.25, 0.3) is 0 Å². The number of ether oxygens (including phenoxy) is 1. The van der Waals surface area contributed by atoms with Crippen molar-refractivity contribution >= 4 is 28.9 Å². The van der Waals surface area contributed by atoms with Gasteiger partial charge in [0, 0.05) is 17.2 Å². The van der Waals surface area contributed by atoms with Crippen molar-refractivity contribution in [2.24, 2.45) is 0 Å². The first-order valence-electron chi connectivity index (χ1n) is 5.54. The SMILES string of the molecule is Cc1ccc(C(=O)CSCC2CCCO2)s1. The predicted molar refractivity (Wildman–Crippen MR) is 69.7 cm³/mol. The van der Waals surface area contributed by atoms with Gasteiger partial charge in [-0.15, -0.1) is 11.3 Å². The topological polar surface area (TPSA) is 26.3 Å². The lowest BCUT2D eigenvalue weighted by Crippen LogP contribution is -2.10. The molecule has 0 amide bonds. The molecule has 4 heteroatoms. The fraction of sp³-hybridized carbons (Fsp3) is 0.583. The molecule has 2 nitrogen and oxygen atoms in total. The Morgan fingerprint density at radius 2 is 2.50 bits per heavy atom. The molecular formula is C12H16O2S2. The molecule has 1 unspecified atom stereocenters. The van der Waals surface area contributed by atoms with Crippen LogP contribution in [0, 0.1) is 6.92 Å². The second-order valence-corrected chi connectivity index (χ2v) is 6.30. The second kappa shape index (κ2) is 5.84. The Bertz CT molecular complexity index is 354. The zero-order valence-electron chi connectivity index (χ0n) is 9.40. The molecule has 0 radical (unpaired) electrons. The third-order valence-corrected chi connectivity index (χ3v) is 4.69. The fourth-order valence-electron chi connectivity index (χ4n) is 1.71. The molecule has 1 fully saturated rings. The van der Waals surface area contributed by atoms with Gasteiger partial charge in [-0.25, -0.2) is 0 Å². The van der Waals surface area contributed by atoms with E-state index in [1.807, 2.05) is 19.1 Å². The fourth-order valence-corrected chi connectivity index (χ4v) is 3.60. The van der Waals surface area contributed by atoms with Crippen molar-refractivity contribution < 1.29 is 9.53 Å². The van der Waals surface area contributed by atoms with Gasteiger partial charge in [0.1, 0.15) is 0 Å². The summed E-state index contributed by atoms with van der Waals surface area (Å²) in [6, 6.07) is 3.93. The maximum absolute atomic E-state index is 11.8. The highest BCUT2D eigenvalue weighted by molar-refractivity contribution is 8.00.